The molecule has 1 unspecified atom stereocenters. The van der Waals surface area contributed by atoms with Gasteiger partial charge in [0.2, 0.25) is 0 Å². The van der Waals surface area contributed by atoms with Crippen molar-refractivity contribution in [2.75, 3.05) is 13.2 Å². The van der Waals surface area contributed by atoms with Crippen molar-refractivity contribution in [3.05, 3.63) is 23.8 Å². The van der Waals surface area contributed by atoms with E-state index in [4.69, 9.17) is 9.47 Å². The van der Waals surface area contributed by atoms with E-state index >= 15 is 0 Å². The Labute approximate surface area is 98.7 Å². The van der Waals surface area contributed by atoms with Gasteiger partial charge in [0.1, 0.15) is 13.2 Å². The number of hydrogen-bond donors (Lipinski definition) is 0. The molecule has 0 amide bonds. The third kappa shape index (κ3) is 2.65. The summed E-state index contributed by atoms with van der Waals surface area (Å²) in [6.07, 6.45) is 2.17. The van der Waals surface area contributed by atoms with Crippen LogP contribution in [0.15, 0.2) is 18.2 Å². The third-order valence-corrected chi connectivity index (χ3v) is 3.48. The summed E-state index contributed by atoms with van der Waals surface area (Å²) < 4.78 is 11.0. The molecule has 2 nitrogen and oxygen atoms in total. The highest BCUT2D eigenvalue weighted by Gasteiger charge is 2.12. The first kappa shape index (κ1) is 10.8. The fraction of sp³-hybridized carbons (Fsp3) is 0.500. The van der Waals surface area contributed by atoms with E-state index in [9.17, 15) is 0 Å². The van der Waals surface area contributed by atoms with Crippen LogP contribution in [-0.2, 0) is 6.42 Å². The average Bonchev–Trinajstić information content (AvgIpc) is 2.29. The van der Waals surface area contributed by atoms with Crippen LogP contribution in [0.3, 0.4) is 0 Å². The molecule has 82 valence electrons. The summed E-state index contributed by atoms with van der Waals surface area (Å²) in [6.45, 7) is 3.49. The lowest BCUT2D eigenvalue weighted by atomic mass is 10.1. The topological polar surface area (TPSA) is 18.5 Å². The van der Waals surface area contributed by atoms with Gasteiger partial charge >= 0.3 is 0 Å². The lowest BCUT2D eigenvalue weighted by Gasteiger charge is -2.19. The van der Waals surface area contributed by atoms with Gasteiger partial charge in [0.15, 0.2) is 11.5 Å². The van der Waals surface area contributed by atoms with E-state index in [-0.39, 0.29) is 0 Å². The van der Waals surface area contributed by atoms with Gasteiger partial charge in [0.05, 0.1) is 0 Å². The van der Waals surface area contributed by atoms with Crippen LogP contribution in [0.4, 0.5) is 0 Å². The summed E-state index contributed by atoms with van der Waals surface area (Å²) in [6, 6.07) is 6.19. The number of ether oxygens (including phenoxy) is 2. The van der Waals surface area contributed by atoms with E-state index < -0.39 is 0 Å². The van der Waals surface area contributed by atoms with Crippen molar-refractivity contribution in [3.8, 4) is 11.5 Å². The van der Waals surface area contributed by atoms with Crippen LogP contribution < -0.4 is 9.47 Å². The maximum absolute atomic E-state index is 5.54. The van der Waals surface area contributed by atoms with E-state index in [0.29, 0.717) is 18.0 Å². The molecule has 1 aromatic carbocycles. The van der Waals surface area contributed by atoms with E-state index in [2.05, 4.69) is 35.0 Å². The number of benzene rings is 1. The number of alkyl halides is 1. The van der Waals surface area contributed by atoms with Gasteiger partial charge < -0.3 is 9.47 Å². The minimum atomic E-state index is 0.542. The van der Waals surface area contributed by atoms with Gasteiger partial charge in [-0.3, -0.25) is 0 Å². The van der Waals surface area contributed by atoms with Gasteiger partial charge in [0.25, 0.3) is 0 Å². The molecule has 0 saturated heterocycles. The summed E-state index contributed by atoms with van der Waals surface area (Å²) in [5, 5.41) is 0. The predicted molar refractivity (Wildman–Crippen MR) is 64.1 cm³/mol. The summed E-state index contributed by atoms with van der Waals surface area (Å²) >= 11 is 3.64. The molecule has 3 heteroatoms. The molecule has 1 atom stereocenters. The van der Waals surface area contributed by atoms with Crippen LogP contribution in [0.1, 0.15) is 18.9 Å². The Morgan fingerprint density at radius 2 is 2.00 bits per heavy atom. The average molecular weight is 271 g/mol. The second kappa shape index (κ2) is 4.88. The molecule has 0 aliphatic carbocycles. The molecule has 2 rings (SSSR count). The van der Waals surface area contributed by atoms with Crippen LogP contribution in [0.2, 0.25) is 0 Å². The fourth-order valence-electron chi connectivity index (χ4n) is 1.61. The Kier molecular flexibility index (Phi) is 3.52. The van der Waals surface area contributed by atoms with Crippen LogP contribution in [0.5, 0.6) is 11.5 Å². The van der Waals surface area contributed by atoms with Crippen molar-refractivity contribution in [2.45, 2.75) is 24.6 Å². The Morgan fingerprint density at radius 3 is 2.73 bits per heavy atom. The monoisotopic (exact) mass is 270 g/mol. The first-order chi connectivity index (χ1) is 7.29. The highest BCUT2D eigenvalue weighted by atomic mass is 79.9. The second-order valence-corrected chi connectivity index (χ2v) is 4.98. The van der Waals surface area contributed by atoms with Gasteiger partial charge in [0, 0.05) is 4.83 Å². The maximum Gasteiger partial charge on any atom is 0.161 e. The van der Waals surface area contributed by atoms with Crippen molar-refractivity contribution in [1.29, 1.82) is 0 Å². The minimum absolute atomic E-state index is 0.542. The molecule has 1 aliphatic rings. The van der Waals surface area contributed by atoms with Gasteiger partial charge in [-0.25, -0.2) is 0 Å². The van der Waals surface area contributed by atoms with Crippen molar-refractivity contribution >= 4 is 15.9 Å². The zero-order valence-electron chi connectivity index (χ0n) is 8.83. The summed E-state index contributed by atoms with van der Waals surface area (Å²) in [7, 11) is 0. The smallest absolute Gasteiger partial charge is 0.161 e. The molecule has 0 radical (unpaired) electrons. The molecule has 0 bridgehead atoms. The fourth-order valence-corrected chi connectivity index (χ4v) is 1.99. The molecule has 0 N–H and O–H groups in total. The normalized spacial score (nSPS) is 16.1. The van der Waals surface area contributed by atoms with Crippen molar-refractivity contribution in [3.63, 3.8) is 0 Å². The summed E-state index contributed by atoms with van der Waals surface area (Å²) in [5.41, 5.74) is 1.29. The van der Waals surface area contributed by atoms with E-state index in [0.717, 1.165) is 24.3 Å². The molecule has 0 aromatic heterocycles. The standard InChI is InChI=1S/C12H15BrO2/c1-2-10(13)7-9-3-4-11-12(8-9)15-6-5-14-11/h3-4,8,10H,2,5-7H2,1H3. The number of halogens is 1. The Hall–Kier alpha value is -0.700. The molecule has 0 fully saturated rings. The van der Waals surface area contributed by atoms with Crippen LogP contribution in [-0.4, -0.2) is 18.0 Å². The Balaban J connectivity index is 2.13. The van der Waals surface area contributed by atoms with Crippen molar-refractivity contribution in [1.82, 2.24) is 0 Å². The number of hydrogen-bond acceptors (Lipinski definition) is 2. The van der Waals surface area contributed by atoms with E-state index in [1.54, 1.807) is 0 Å². The van der Waals surface area contributed by atoms with Gasteiger partial charge in [-0.15, -0.1) is 0 Å². The minimum Gasteiger partial charge on any atom is -0.486 e. The van der Waals surface area contributed by atoms with Gasteiger partial charge in [-0.05, 0) is 30.5 Å². The van der Waals surface area contributed by atoms with E-state index in [1.807, 2.05) is 6.07 Å². The molecule has 0 spiro atoms. The molecule has 1 aliphatic heterocycles. The second-order valence-electron chi connectivity index (χ2n) is 3.69. The largest absolute Gasteiger partial charge is 0.486 e. The zero-order valence-corrected chi connectivity index (χ0v) is 10.4. The first-order valence-corrected chi connectivity index (χ1v) is 6.23. The lowest BCUT2D eigenvalue weighted by molar-refractivity contribution is 0.171. The highest BCUT2D eigenvalue weighted by Crippen LogP contribution is 2.31. The summed E-state index contributed by atoms with van der Waals surface area (Å²) in [4.78, 5) is 0.542. The number of rotatable bonds is 3. The number of fused-ring (bicyclic) bond motifs is 1. The third-order valence-electron chi connectivity index (χ3n) is 2.51. The molecular weight excluding hydrogens is 256 g/mol. The highest BCUT2D eigenvalue weighted by molar-refractivity contribution is 9.09. The zero-order chi connectivity index (χ0) is 10.7. The molecular formula is C12H15BrO2. The SMILES string of the molecule is CCC(Br)Cc1ccc2c(c1)OCCO2. The summed E-state index contributed by atoms with van der Waals surface area (Å²) in [5.74, 6) is 1.75. The molecule has 1 heterocycles. The molecule has 1 aromatic rings. The Morgan fingerprint density at radius 1 is 1.27 bits per heavy atom. The van der Waals surface area contributed by atoms with Gasteiger partial charge in [-0.1, -0.05) is 28.9 Å². The van der Waals surface area contributed by atoms with E-state index in [1.165, 1.54) is 5.56 Å². The first-order valence-electron chi connectivity index (χ1n) is 5.32. The van der Waals surface area contributed by atoms with Gasteiger partial charge in [-0.2, -0.15) is 0 Å². The Bertz CT molecular complexity index is 338. The quantitative estimate of drug-likeness (QED) is 0.786. The predicted octanol–water partition coefficient (Wildman–Crippen LogP) is 3.17. The lowest BCUT2D eigenvalue weighted by Crippen LogP contribution is -2.15. The van der Waals surface area contributed by atoms with Crippen molar-refractivity contribution < 1.29 is 9.47 Å². The van der Waals surface area contributed by atoms with Crippen molar-refractivity contribution in [2.24, 2.45) is 0 Å². The van der Waals surface area contributed by atoms with Crippen LogP contribution in [0, 0.1) is 0 Å². The van der Waals surface area contributed by atoms with Crippen LogP contribution in [0.25, 0.3) is 0 Å². The maximum atomic E-state index is 5.54. The molecule has 15 heavy (non-hydrogen) atoms. The van der Waals surface area contributed by atoms with Crippen LogP contribution >= 0.6 is 15.9 Å². The molecule has 0 saturated carbocycles.